The van der Waals surface area contributed by atoms with E-state index in [1.165, 1.54) is 18.9 Å². The second-order valence-electron chi connectivity index (χ2n) is 7.02. The zero-order chi connectivity index (χ0) is 23.6. The molecule has 8 nitrogen and oxygen atoms in total. The van der Waals surface area contributed by atoms with Gasteiger partial charge in [0, 0.05) is 18.7 Å². The molecule has 1 amide bonds. The number of likely N-dealkylation sites (N-methyl/N-ethyl adjacent to an activating group) is 1. The first-order valence-corrected chi connectivity index (χ1v) is 11.5. The number of nitrogens with zero attached hydrogens (tertiary/aromatic N) is 4. The van der Waals surface area contributed by atoms with E-state index in [2.05, 4.69) is 10.1 Å². The van der Waals surface area contributed by atoms with Gasteiger partial charge in [0.15, 0.2) is 11.6 Å². The predicted molar refractivity (Wildman–Crippen MR) is 114 cm³/mol. The summed E-state index contributed by atoms with van der Waals surface area (Å²) in [5, 5.41) is 4.28. The van der Waals surface area contributed by atoms with Crippen molar-refractivity contribution < 1.29 is 26.5 Å². The quantitative estimate of drug-likeness (QED) is 0.509. The smallest absolute Gasteiger partial charge is 0.246 e. The Labute approximate surface area is 188 Å². The minimum atomic E-state index is -4.00. The number of halogens is 3. The zero-order valence-corrected chi connectivity index (χ0v) is 18.9. The van der Waals surface area contributed by atoms with E-state index in [1.807, 2.05) is 0 Å². The molecule has 0 aliphatic carbocycles. The second-order valence-corrected chi connectivity index (χ2v) is 9.29. The van der Waals surface area contributed by atoms with Crippen molar-refractivity contribution in [2.24, 2.45) is 0 Å². The van der Waals surface area contributed by atoms with Crippen LogP contribution in [-0.4, -0.2) is 48.7 Å². The molecular weight excluding hydrogens is 466 g/mol. The van der Waals surface area contributed by atoms with Gasteiger partial charge in [-0.3, -0.25) is 9.10 Å². The number of sulfonamides is 1. The van der Waals surface area contributed by atoms with Gasteiger partial charge in [-0.1, -0.05) is 28.9 Å². The molecule has 0 saturated carbocycles. The number of amides is 1. The summed E-state index contributed by atoms with van der Waals surface area (Å²) in [5.41, 5.74) is 0.368. The summed E-state index contributed by atoms with van der Waals surface area (Å²) in [6.45, 7) is 1.22. The first-order valence-electron chi connectivity index (χ1n) is 9.26. The molecule has 32 heavy (non-hydrogen) atoms. The van der Waals surface area contributed by atoms with E-state index < -0.39 is 33.6 Å². The summed E-state index contributed by atoms with van der Waals surface area (Å²) in [6, 6.07) is 8.21. The van der Waals surface area contributed by atoms with E-state index >= 15 is 0 Å². The van der Waals surface area contributed by atoms with Crippen LogP contribution in [0.2, 0.25) is 5.02 Å². The zero-order valence-electron chi connectivity index (χ0n) is 17.3. The van der Waals surface area contributed by atoms with Crippen LogP contribution in [0.25, 0.3) is 11.4 Å². The Bertz CT molecular complexity index is 1250. The minimum absolute atomic E-state index is 0.0988. The first kappa shape index (κ1) is 23.6. The van der Waals surface area contributed by atoms with Crippen molar-refractivity contribution in [2.75, 3.05) is 17.6 Å². The number of benzene rings is 2. The van der Waals surface area contributed by atoms with Crippen LogP contribution in [0.15, 0.2) is 47.0 Å². The van der Waals surface area contributed by atoms with Gasteiger partial charge in [0.1, 0.15) is 6.04 Å². The van der Waals surface area contributed by atoms with Crippen LogP contribution in [0.5, 0.6) is 0 Å². The highest BCUT2D eigenvalue weighted by Crippen LogP contribution is 2.26. The Hall–Kier alpha value is -3.05. The van der Waals surface area contributed by atoms with Crippen molar-refractivity contribution in [1.29, 1.82) is 0 Å². The highest BCUT2D eigenvalue weighted by molar-refractivity contribution is 7.92. The van der Waals surface area contributed by atoms with Gasteiger partial charge in [-0.25, -0.2) is 17.2 Å². The number of rotatable bonds is 7. The highest BCUT2D eigenvalue weighted by atomic mass is 35.5. The van der Waals surface area contributed by atoms with Gasteiger partial charge in [0.05, 0.1) is 23.5 Å². The summed E-state index contributed by atoms with van der Waals surface area (Å²) in [4.78, 5) is 18.3. The van der Waals surface area contributed by atoms with E-state index in [9.17, 15) is 22.0 Å². The number of aromatic nitrogens is 2. The number of carbonyl (C=O) groups is 1. The summed E-state index contributed by atoms with van der Waals surface area (Å²) < 4.78 is 57.5. The molecule has 1 unspecified atom stereocenters. The Kier molecular flexibility index (Phi) is 6.79. The lowest BCUT2D eigenvalue weighted by Gasteiger charge is -2.30. The minimum Gasteiger partial charge on any atom is -0.337 e. The monoisotopic (exact) mass is 484 g/mol. The number of carbonyl (C=O) groups excluding carboxylic acids is 1. The Morgan fingerprint density at radius 2 is 1.88 bits per heavy atom. The van der Waals surface area contributed by atoms with Crippen LogP contribution in [0.3, 0.4) is 0 Å². The molecule has 12 heteroatoms. The molecule has 1 aromatic heterocycles. The van der Waals surface area contributed by atoms with Crippen LogP contribution >= 0.6 is 11.6 Å². The normalized spacial score (nSPS) is 12.4. The summed E-state index contributed by atoms with van der Waals surface area (Å²) in [7, 11) is -2.58. The molecular formula is C20H19ClF2N4O4S. The molecule has 0 spiro atoms. The Morgan fingerprint density at radius 3 is 2.50 bits per heavy atom. The van der Waals surface area contributed by atoms with Crippen molar-refractivity contribution in [2.45, 2.75) is 19.5 Å². The molecule has 2 aromatic carbocycles. The maximum atomic E-state index is 13.7. The maximum Gasteiger partial charge on any atom is 0.246 e. The SMILES string of the molecule is CC(C(=O)N(C)Cc1nc(-c2ccccc2Cl)no1)N(c1ccc(F)c(F)c1)S(C)(=O)=O. The van der Waals surface area contributed by atoms with Gasteiger partial charge in [-0.05, 0) is 31.2 Å². The molecule has 1 atom stereocenters. The van der Waals surface area contributed by atoms with E-state index in [0.29, 0.717) is 16.7 Å². The second kappa shape index (κ2) is 9.21. The average molecular weight is 485 g/mol. The Balaban J connectivity index is 1.81. The van der Waals surface area contributed by atoms with Gasteiger partial charge in [-0.15, -0.1) is 0 Å². The lowest BCUT2D eigenvalue weighted by atomic mass is 10.2. The van der Waals surface area contributed by atoms with E-state index in [1.54, 1.807) is 24.3 Å². The molecule has 0 aliphatic heterocycles. The Morgan fingerprint density at radius 1 is 1.19 bits per heavy atom. The lowest BCUT2D eigenvalue weighted by molar-refractivity contribution is -0.131. The summed E-state index contributed by atoms with van der Waals surface area (Å²) >= 11 is 6.12. The lowest BCUT2D eigenvalue weighted by Crippen LogP contribution is -2.48. The first-order chi connectivity index (χ1) is 15.0. The van der Waals surface area contributed by atoms with E-state index in [0.717, 1.165) is 22.7 Å². The van der Waals surface area contributed by atoms with Gasteiger partial charge >= 0.3 is 0 Å². The molecule has 0 fully saturated rings. The standard InChI is InChI=1S/C20H19ClF2N4O4S/c1-12(27(32(3,29)30)13-8-9-16(22)17(23)10-13)20(28)26(2)11-18-24-19(25-31-18)14-6-4-5-7-15(14)21/h4-10,12H,11H2,1-3H3. The molecule has 3 rings (SSSR count). The van der Waals surface area contributed by atoms with Gasteiger partial charge in [-0.2, -0.15) is 4.98 Å². The largest absolute Gasteiger partial charge is 0.337 e. The molecule has 0 saturated heterocycles. The van der Waals surface area contributed by atoms with Crippen molar-refractivity contribution >= 4 is 33.2 Å². The topological polar surface area (TPSA) is 96.6 Å². The maximum absolute atomic E-state index is 13.7. The molecule has 0 bridgehead atoms. The third kappa shape index (κ3) is 5.05. The van der Waals surface area contributed by atoms with Crippen LogP contribution < -0.4 is 4.31 Å². The van der Waals surface area contributed by atoms with E-state index in [-0.39, 0.29) is 23.9 Å². The number of hydrogen-bond acceptors (Lipinski definition) is 6. The molecule has 170 valence electrons. The molecule has 0 N–H and O–H groups in total. The fourth-order valence-corrected chi connectivity index (χ4v) is 4.48. The third-order valence-electron chi connectivity index (χ3n) is 4.56. The van der Waals surface area contributed by atoms with Crippen molar-refractivity contribution in [3.05, 3.63) is 65.0 Å². The third-order valence-corrected chi connectivity index (χ3v) is 6.13. The fraction of sp³-hybridized carbons (Fsp3) is 0.250. The van der Waals surface area contributed by atoms with Crippen LogP contribution in [0.4, 0.5) is 14.5 Å². The van der Waals surface area contributed by atoms with Crippen molar-refractivity contribution in [1.82, 2.24) is 15.0 Å². The van der Waals surface area contributed by atoms with Crippen molar-refractivity contribution in [3.8, 4) is 11.4 Å². The molecule has 0 aliphatic rings. The van der Waals surface area contributed by atoms with Crippen molar-refractivity contribution in [3.63, 3.8) is 0 Å². The van der Waals surface area contributed by atoms with Gasteiger partial charge in [0.25, 0.3) is 0 Å². The highest BCUT2D eigenvalue weighted by Gasteiger charge is 2.32. The summed E-state index contributed by atoms with van der Waals surface area (Å²) in [5.74, 6) is -2.66. The average Bonchev–Trinajstić information content (AvgIpc) is 3.17. The molecule has 3 aromatic rings. The van der Waals surface area contributed by atoms with Crippen LogP contribution in [-0.2, 0) is 21.4 Å². The predicted octanol–water partition coefficient (Wildman–Crippen LogP) is 3.48. The van der Waals surface area contributed by atoms with E-state index in [4.69, 9.17) is 16.1 Å². The van der Waals surface area contributed by atoms with Crippen LogP contribution in [0, 0.1) is 11.6 Å². The number of anilines is 1. The number of hydrogen-bond donors (Lipinski definition) is 0. The van der Waals surface area contributed by atoms with Gasteiger partial charge in [0.2, 0.25) is 27.6 Å². The molecule has 1 heterocycles. The van der Waals surface area contributed by atoms with Crippen LogP contribution in [0.1, 0.15) is 12.8 Å². The molecule has 0 radical (unpaired) electrons. The fourth-order valence-electron chi connectivity index (χ4n) is 3.10. The summed E-state index contributed by atoms with van der Waals surface area (Å²) in [6.07, 6.45) is 0.867. The van der Waals surface area contributed by atoms with Gasteiger partial charge < -0.3 is 9.42 Å².